The minimum Gasteiger partial charge on any atom is -0.507 e. The maximum atomic E-state index is 15.7. The molecule has 15 heterocycles. The zero-order chi connectivity index (χ0) is 99.7. The van der Waals surface area contributed by atoms with Gasteiger partial charge in [-0.25, -0.2) is 24.3 Å². The van der Waals surface area contributed by atoms with Gasteiger partial charge in [0.2, 0.25) is 35.2 Å². The van der Waals surface area contributed by atoms with Gasteiger partial charge in [-0.3, -0.25) is 32.7 Å². The Morgan fingerprint density at radius 3 is 1.66 bits per heavy atom. The minimum absolute atomic E-state index is 0.00387. The van der Waals surface area contributed by atoms with Crippen LogP contribution in [0.5, 0.6) is 11.5 Å². The van der Waals surface area contributed by atoms with Crippen LogP contribution in [0, 0.1) is 47.2 Å². The molecule has 0 bridgehead atoms. The van der Waals surface area contributed by atoms with Crippen molar-refractivity contribution in [1.82, 2.24) is 93.6 Å². The smallest absolute Gasteiger partial charge is 0.243 e. The van der Waals surface area contributed by atoms with E-state index in [1.165, 1.54) is 32.0 Å². The summed E-state index contributed by atoms with van der Waals surface area (Å²) in [5.41, 5.74) is 23.3. The van der Waals surface area contributed by atoms with Gasteiger partial charge in [0, 0.05) is 171 Å². The summed E-state index contributed by atoms with van der Waals surface area (Å²) in [5.74, 6) is 7.55. The van der Waals surface area contributed by atoms with Crippen LogP contribution in [-0.4, -0.2) is 255 Å². The van der Waals surface area contributed by atoms with Gasteiger partial charge >= 0.3 is 0 Å². The average Bonchev–Trinajstić information content (AvgIpc) is 1.64. The number of hydrogen-bond donors (Lipinski definition) is 8. The molecule has 754 valence electrons. The Morgan fingerprint density at radius 1 is 0.583 bits per heavy atom. The quantitative estimate of drug-likeness (QED) is 0.0182. The highest BCUT2D eigenvalue weighted by atomic mass is 32.1. The number of benzene rings is 4. The second kappa shape index (κ2) is 42.8. The Labute approximate surface area is 838 Å². The number of imidazole rings is 3. The number of aliphatic hydroxyl groups is 2. The maximum absolute atomic E-state index is 15.7. The number of para-hydroxylation sites is 2. The molecule has 0 spiro atoms. The normalized spacial score (nSPS) is 20.8. The number of likely N-dealkylation sites (tertiary alicyclic amines) is 4. The number of rotatable bonds is 32. The summed E-state index contributed by atoms with van der Waals surface area (Å²) in [7, 11) is 1.67. The van der Waals surface area contributed by atoms with Gasteiger partial charge in [0.15, 0.2) is 29.0 Å². The van der Waals surface area contributed by atoms with Crippen molar-refractivity contribution >= 4 is 69.8 Å². The van der Waals surface area contributed by atoms with Crippen molar-refractivity contribution in [3.8, 4) is 78.8 Å². The highest BCUT2D eigenvalue weighted by Crippen LogP contribution is 2.43. The van der Waals surface area contributed by atoms with Crippen LogP contribution in [0.2, 0.25) is 0 Å². The first-order valence-electron chi connectivity index (χ1n) is 50.7. The number of aliphatic hydroxyl groups excluding tert-OH is 2. The number of nitrogen functional groups attached to an aromatic ring is 2. The SMILES string of the molecule is CC(C)[C@@H](C(=O)N1C[C@H](O)C[C@H]1C(=O)N[C@@H](C)c1ccc(-c2scnc2CCC(C)[C@@H](C(=O)N2C[C@H](O)C[C@H]2C(=O)N[C@@H](C)c2ccc(-c3c(F)cnn3C)cc2)c2cc(N3CCC(CN4CCC(OC5CC(C#Cc6cn7cc(-c8ccccc8O)nc7nc6N)C5)CC4)CC3)no2)cc1)c1cc(N2CCC(CN3CCC(OCCn4cnc(-c5cn6cc(-c7ccccc7O)nc6nc5N)c4)CC3)CC2)no1. The van der Waals surface area contributed by atoms with E-state index in [1.807, 2.05) is 142 Å². The standard InChI is InChI=1S/C107H126FN23O12S/c1-63(2)96(92-49-94(120-142-92)126-39-27-67(28-40-126)52-123-35-31-77(32-36-123)140-44-43-125-58-85(111-61-125)82-57-129-60-87(117-107(129)119-101(82)110)81-12-8-10-14-91(81)135)104(138)130-55-75(132)47-88(130)102(136)115-66(5)71-20-24-73(25-21-71)99-84(112-62-144-99)26-15-64(3)97(105(139)131-56-76(133)48-89(131)103(137)114-65(4)70-18-22-72(23-19-70)98-83(108)51-113-122(98)6)93-50-95(121-143-93)127-41-29-68(30-42-127)53-124-37-33-78(34-38-124)141-79-45-69(46-79)16-17-74-54-128-59-86(116-106(128)118-100(74)109)80-11-7-9-13-90(80)134/h7-14,18-25,49-51,54,57-69,75-79,88-89,96-97,132-135H,15,26-48,52-53,55-56H2,1-6H3,(H,114,137)(H,115,136)(H2,109,116,118)(H2,110,117,119)/t64?,65-,66-,69?,75+,76+,79?,88-,89-,96+,97+/m0/s1. The molecule has 4 aromatic carbocycles. The molecule has 9 atom stereocenters. The lowest BCUT2D eigenvalue weighted by Crippen LogP contribution is -2.48. The van der Waals surface area contributed by atoms with Crippen molar-refractivity contribution < 1.29 is 62.5 Å². The van der Waals surface area contributed by atoms with E-state index >= 15 is 4.79 Å². The van der Waals surface area contributed by atoms with Gasteiger partial charge in [-0.2, -0.15) is 15.1 Å². The number of carbonyl (C=O) groups excluding carboxylic acids is 4. The van der Waals surface area contributed by atoms with Gasteiger partial charge in [0.1, 0.15) is 52.7 Å². The molecule has 35 nitrogen and oxygen atoms in total. The Morgan fingerprint density at radius 2 is 1.11 bits per heavy atom. The number of aromatic nitrogens is 13. The zero-order valence-electron chi connectivity index (χ0n) is 82.0. The number of hydrogen-bond acceptors (Lipinski definition) is 28. The molecule has 4 amide bonds. The van der Waals surface area contributed by atoms with E-state index in [2.05, 4.69) is 82.4 Å². The maximum Gasteiger partial charge on any atom is 0.243 e. The van der Waals surface area contributed by atoms with E-state index in [0.29, 0.717) is 135 Å². The average molecular weight is 1980 g/mol. The van der Waals surface area contributed by atoms with E-state index < -0.39 is 59.9 Å². The number of anilines is 4. The third-order valence-corrected chi connectivity index (χ3v) is 31.3. The monoisotopic (exact) mass is 1980 g/mol. The molecule has 144 heavy (non-hydrogen) atoms. The van der Waals surface area contributed by atoms with Crippen LogP contribution in [0.1, 0.15) is 176 Å². The van der Waals surface area contributed by atoms with Crippen LogP contribution in [-0.2, 0) is 48.7 Å². The highest BCUT2D eigenvalue weighted by Gasteiger charge is 2.47. The molecule has 1 unspecified atom stereocenters. The number of aromatic hydroxyl groups is 2. The summed E-state index contributed by atoms with van der Waals surface area (Å²) >= 11 is 1.50. The fraction of sp³-hybridized carbons (Fsp3) is 0.467. The summed E-state index contributed by atoms with van der Waals surface area (Å²) in [6.45, 7) is 19.7. The summed E-state index contributed by atoms with van der Waals surface area (Å²) in [4.78, 5) is 101. The van der Waals surface area contributed by atoms with Crippen LogP contribution in [0.3, 0.4) is 0 Å². The van der Waals surface area contributed by atoms with Crippen molar-refractivity contribution in [2.24, 2.45) is 36.6 Å². The number of phenols is 2. The molecule has 20 rings (SSSR count). The molecular weight excluding hydrogens is 1850 g/mol. The fourth-order valence-corrected chi connectivity index (χ4v) is 22.8. The number of nitrogens with one attached hydrogen (secondary N) is 2. The van der Waals surface area contributed by atoms with Crippen molar-refractivity contribution in [3.05, 3.63) is 198 Å². The molecule has 10 N–H and O–H groups in total. The Bertz CT molecular complexity index is 6760. The van der Waals surface area contributed by atoms with E-state index in [9.17, 15) is 39.2 Å². The summed E-state index contributed by atoms with van der Waals surface area (Å²) in [5, 5.41) is 63.0. The lowest BCUT2D eigenvalue weighted by Gasteiger charge is -2.40. The van der Waals surface area contributed by atoms with Crippen molar-refractivity contribution in [1.29, 1.82) is 0 Å². The number of fused-ring (bicyclic) bond motifs is 2. The van der Waals surface area contributed by atoms with Gasteiger partial charge in [-0.05, 0) is 156 Å². The van der Waals surface area contributed by atoms with Crippen molar-refractivity contribution in [2.75, 3.05) is 106 Å². The first-order chi connectivity index (χ1) is 69.7. The second-order valence-corrected chi connectivity index (χ2v) is 41.5. The van der Waals surface area contributed by atoms with Crippen molar-refractivity contribution in [2.45, 2.75) is 198 Å². The molecule has 7 aliphatic rings. The Hall–Kier alpha value is -13.5. The number of piperidine rings is 4. The molecule has 7 fully saturated rings. The predicted molar refractivity (Wildman–Crippen MR) is 542 cm³/mol. The fourth-order valence-electron chi connectivity index (χ4n) is 22.0. The third-order valence-electron chi connectivity index (χ3n) is 30.4. The lowest BCUT2D eigenvalue weighted by molar-refractivity contribution is -0.141. The molecular formula is C107H126FN23O12S. The van der Waals surface area contributed by atoms with Crippen LogP contribution in [0.4, 0.5) is 27.7 Å². The van der Waals surface area contributed by atoms with Crippen molar-refractivity contribution in [3.63, 3.8) is 0 Å². The molecule has 0 radical (unpaired) electrons. The number of amides is 4. The summed E-state index contributed by atoms with van der Waals surface area (Å²) < 4.78 is 47.3. The number of carbonyl (C=O) groups is 4. The summed E-state index contributed by atoms with van der Waals surface area (Å²) in [6, 6.07) is 30.1. The van der Waals surface area contributed by atoms with Gasteiger partial charge in [0.25, 0.3) is 0 Å². The van der Waals surface area contributed by atoms with Gasteiger partial charge in [-0.1, -0.05) is 116 Å². The number of ether oxygens (including phenoxy) is 2. The van der Waals surface area contributed by atoms with E-state index in [4.69, 9.17) is 35.0 Å². The van der Waals surface area contributed by atoms with Crippen LogP contribution in [0.15, 0.2) is 167 Å². The van der Waals surface area contributed by atoms with E-state index in [0.717, 1.165) is 157 Å². The Balaban J connectivity index is 0.423. The largest absolute Gasteiger partial charge is 0.507 e. The number of nitrogens with zero attached hydrogens (tertiary/aromatic N) is 19. The van der Waals surface area contributed by atoms with Crippen LogP contribution in [0.25, 0.3) is 67.0 Å². The number of β-amino-alcohol motifs (C(OH)–C–C–N with tert-alkyl or cyclic N) is 2. The highest BCUT2D eigenvalue weighted by molar-refractivity contribution is 7.13. The number of phenolic OH excluding ortho intramolecular Hbond substituents is 2. The summed E-state index contributed by atoms with van der Waals surface area (Å²) in [6.07, 6.45) is 21.4. The number of thiazole rings is 1. The van der Waals surface area contributed by atoms with Gasteiger partial charge in [-0.15, -0.1) is 11.3 Å². The molecule has 1 aliphatic carbocycles. The number of halogens is 1. The number of aryl methyl sites for hydroxylation is 2. The molecule has 13 aromatic rings. The second-order valence-electron chi connectivity index (χ2n) is 40.7. The van der Waals surface area contributed by atoms with E-state index in [-0.39, 0.29) is 91.2 Å². The molecule has 1 saturated carbocycles. The minimum atomic E-state index is -1.00. The van der Waals surface area contributed by atoms with E-state index in [1.54, 1.807) is 64.6 Å². The third kappa shape index (κ3) is 21.7. The molecule has 9 aromatic heterocycles. The molecule has 6 aliphatic heterocycles. The van der Waals surface area contributed by atoms with Gasteiger partial charge < -0.3 is 95.0 Å². The van der Waals surface area contributed by atoms with Crippen LogP contribution < -0.4 is 31.9 Å². The first kappa shape index (κ1) is 97.9. The molecule has 6 saturated heterocycles. The first-order valence-corrected chi connectivity index (χ1v) is 51.6. The Kier molecular flexibility index (Phi) is 29.1. The zero-order valence-corrected chi connectivity index (χ0v) is 82.9. The lowest BCUT2D eigenvalue weighted by atomic mass is 9.82. The number of nitrogens with two attached hydrogens (primary N) is 2. The predicted octanol–water partition coefficient (Wildman–Crippen LogP) is 12.9. The molecule has 37 heteroatoms. The van der Waals surface area contributed by atoms with Crippen LogP contribution >= 0.6 is 11.3 Å². The topological polar surface area (TPSA) is 424 Å². The van der Waals surface area contributed by atoms with Gasteiger partial charge in [0.05, 0.1) is 106 Å².